The van der Waals surface area contributed by atoms with Crippen molar-refractivity contribution >= 4 is 17.7 Å². The first-order valence-corrected chi connectivity index (χ1v) is 9.32. The van der Waals surface area contributed by atoms with Crippen LogP contribution in [0.3, 0.4) is 0 Å². The number of carbonyl (C=O) groups excluding carboxylic acids is 1. The Kier molecular flexibility index (Phi) is 6.29. The highest BCUT2D eigenvalue weighted by molar-refractivity contribution is 7.99. The molecule has 22 heavy (non-hydrogen) atoms. The zero-order valence-corrected chi connectivity index (χ0v) is 14.8. The molecule has 0 unspecified atom stereocenters. The molecule has 5 nitrogen and oxygen atoms in total. The number of nitrogens with zero attached hydrogens (tertiary/aromatic N) is 2. The lowest BCUT2D eigenvalue weighted by molar-refractivity contribution is -0.120. The fraction of sp³-hybridized carbons (Fsp3) is 0.812. The summed E-state index contributed by atoms with van der Waals surface area (Å²) < 4.78 is 0. The van der Waals surface area contributed by atoms with Gasteiger partial charge in [0.2, 0.25) is 11.1 Å². The van der Waals surface area contributed by atoms with Crippen LogP contribution in [0, 0.1) is 5.92 Å². The van der Waals surface area contributed by atoms with E-state index in [9.17, 15) is 4.79 Å². The third-order valence-electron chi connectivity index (χ3n) is 4.47. The summed E-state index contributed by atoms with van der Waals surface area (Å²) in [6.45, 7) is 6.13. The van der Waals surface area contributed by atoms with E-state index in [1.54, 1.807) is 0 Å². The average molecular weight is 324 g/mol. The highest BCUT2D eigenvalue weighted by atomic mass is 32.2. The maximum absolute atomic E-state index is 11.9. The van der Waals surface area contributed by atoms with Crippen molar-refractivity contribution in [2.24, 2.45) is 5.92 Å². The molecule has 1 amide bonds. The standard InChI is InChI=1S/C16H28N4OS/c1-4-16(2,3)18-14(21)11-22-15-17-13(19-20-15)10-9-12-7-5-6-8-12/h12H,4-11H2,1-3H3,(H,18,21)(H,17,19,20). The van der Waals surface area contributed by atoms with E-state index >= 15 is 0 Å². The van der Waals surface area contributed by atoms with Crippen LogP contribution in [0.1, 0.15) is 65.1 Å². The Bertz CT molecular complexity index is 480. The molecule has 1 heterocycles. The number of hydrogen-bond acceptors (Lipinski definition) is 4. The number of hydrogen-bond donors (Lipinski definition) is 2. The van der Waals surface area contributed by atoms with Gasteiger partial charge in [-0.25, -0.2) is 4.98 Å². The van der Waals surface area contributed by atoms with Crippen LogP contribution in [-0.2, 0) is 11.2 Å². The molecule has 1 aliphatic carbocycles. The van der Waals surface area contributed by atoms with Gasteiger partial charge in [-0.2, -0.15) is 0 Å². The van der Waals surface area contributed by atoms with E-state index in [-0.39, 0.29) is 11.4 Å². The summed E-state index contributed by atoms with van der Waals surface area (Å²) in [5.74, 6) is 2.21. The van der Waals surface area contributed by atoms with Gasteiger partial charge in [0.05, 0.1) is 5.75 Å². The summed E-state index contributed by atoms with van der Waals surface area (Å²) >= 11 is 1.39. The Morgan fingerprint density at radius 3 is 2.82 bits per heavy atom. The second kappa shape index (κ2) is 7.99. The number of H-pyrrole nitrogens is 1. The van der Waals surface area contributed by atoms with Crippen LogP contribution >= 0.6 is 11.8 Å². The fourth-order valence-electron chi connectivity index (χ4n) is 2.73. The van der Waals surface area contributed by atoms with Gasteiger partial charge in [0.25, 0.3) is 0 Å². The van der Waals surface area contributed by atoms with Crippen molar-refractivity contribution in [3.05, 3.63) is 5.82 Å². The van der Waals surface area contributed by atoms with Gasteiger partial charge in [-0.15, -0.1) is 5.10 Å². The Morgan fingerprint density at radius 1 is 1.41 bits per heavy atom. The van der Waals surface area contributed by atoms with Gasteiger partial charge in [-0.1, -0.05) is 44.4 Å². The van der Waals surface area contributed by atoms with Gasteiger partial charge >= 0.3 is 0 Å². The van der Waals surface area contributed by atoms with Crippen LogP contribution in [-0.4, -0.2) is 32.4 Å². The van der Waals surface area contributed by atoms with Gasteiger partial charge in [-0.3, -0.25) is 9.89 Å². The molecule has 0 radical (unpaired) electrons. The maximum atomic E-state index is 11.9. The van der Waals surface area contributed by atoms with Crippen LogP contribution in [0.2, 0.25) is 0 Å². The largest absolute Gasteiger partial charge is 0.351 e. The van der Waals surface area contributed by atoms with Gasteiger partial charge in [-0.05, 0) is 32.6 Å². The molecule has 0 aliphatic heterocycles. The Hall–Kier alpha value is -1.04. The third kappa shape index (κ3) is 5.63. The summed E-state index contributed by atoms with van der Waals surface area (Å²) in [4.78, 5) is 16.4. The first-order valence-electron chi connectivity index (χ1n) is 8.33. The molecule has 1 aromatic rings. The van der Waals surface area contributed by atoms with E-state index in [4.69, 9.17) is 0 Å². The summed E-state index contributed by atoms with van der Waals surface area (Å²) in [5, 5.41) is 10.9. The van der Waals surface area contributed by atoms with E-state index in [1.165, 1.54) is 43.9 Å². The van der Waals surface area contributed by atoms with E-state index < -0.39 is 0 Å². The van der Waals surface area contributed by atoms with Crippen LogP contribution < -0.4 is 5.32 Å². The second-order valence-electron chi connectivity index (χ2n) is 6.83. The zero-order chi connectivity index (χ0) is 16.0. The zero-order valence-electron chi connectivity index (χ0n) is 13.9. The number of thioether (sulfide) groups is 1. The molecule has 1 aliphatic rings. The van der Waals surface area contributed by atoms with Crippen molar-refractivity contribution in [3.8, 4) is 0 Å². The normalized spacial score (nSPS) is 16.1. The summed E-state index contributed by atoms with van der Waals surface area (Å²) in [5.41, 5.74) is -0.150. The lowest BCUT2D eigenvalue weighted by Gasteiger charge is -2.24. The number of rotatable bonds is 8. The lowest BCUT2D eigenvalue weighted by atomic mass is 10.0. The Balaban J connectivity index is 1.71. The number of aromatic amines is 1. The molecule has 0 aromatic carbocycles. The molecule has 1 fully saturated rings. The summed E-state index contributed by atoms with van der Waals surface area (Å²) in [6.07, 6.45) is 8.57. The van der Waals surface area contributed by atoms with Crippen molar-refractivity contribution < 1.29 is 4.79 Å². The van der Waals surface area contributed by atoms with Crippen molar-refractivity contribution in [2.75, 3.05) is 5.75 Å². The van der Waals surface area contributed by atoms with E-state index in [0.29, 0.717) is 10.9 Å². The van der Waals surface area contributed by atoms with Crippen LogP contribution in [0.5, 0.6) is 0 Å². The second-order valence-corrected chi connectivity index (χ2v) is 7.77. The average Bonchev–Trinajstić information content (AvgIpc) is 3.14. The minimum Gasteiger partial charge on any atom is -0.351 e. The smallest absolute Gasteiger partial charge is 0.230 e. The van der Waals surface area contributed by atoms with Gasteiger partial charge in [0, 0.05) is 12.0 Å². The van der Waals surface area contributed by atoms with E-state index in [0.717, 1.165) is 24.6 Å². The van der Waals surface area contributed by atoms with E-state index in [1.807, 2.05) is 13.8 Å². The molecule has 1 aromatic heterocycles. The molecule has 6 heteroatoms. The van der Waals surface area contributed by atoms with Crippen molar-refractivity contribution in [2.45, 2.75) is 76.4 Å². The van der Waals surface area contributed by atoms with Crippen molar-refractivity contribution in [1.29, 1.82) is 0 Å². The first kappa shape index (κ1) is 17.3. The minimum absolute atomic E-state index is 0.0363. The summed E-state index contributed by atoms with van der Waals surface area (Å²) in [7, 11) is 0. The molecule has 1 saturated carbocycles. The third-order valence-corrected chi connectivity index (χ3v) is 5.32. The van der Waals surface area contributed by atoms with E-state index in [2.05, 4.69) is 27.4 Å². The van der Waals surface area contributed by atoms with Gasteiger partial charge in [0.1, 0.15) is 5.82 Å². The maximum Gasteiger partial charge on any atom is 0.230 e. The van der Waals surface area contributed by atoms with Crippen molar-refractivity contribution in [3.63, 3.8) is 0 Å². The minimum atomic E-state index is -0.150. The molecule has 124 valence electrons. The van der Waals surface area contributed by atoms with Crippen LogP contribution in [0.4, 0.5) is 0 Å². The molecule has 0 spiro atoms. The Morgan fingerprint density at radius 2 is 2.14 bits per heavy atom. The quantitative estimate of drug-likeness (QED) is 0.720. The highest BCUT2D eigenvalue weighted by Gasteiger charge is 2.19. The number of aryl methyl sites for hydroxylation is 1. The van der Waals surface area contributed by atoms with Crippen LogP contribution in [0.15, 0.2) is 5.16 Å². The lowest BCUT2D eigenvalue weighted by Crippen LogP contribution is -2.43. The molecule has 2 N–H and O–H groups in total. The summed E-state index contributed by atoms with van der Waals surface area (Å²) in [6, 6.07) is 0. The monoisotopic (exact) mass is 324 g/mol. The number of amides is 1. The fourth-order valence-corrected chi connectivity index (χ4v) is 3.34. The van der Waals surface area contributed by atoms with Gasteiger partial charge in [0.15, 0.2) is 0 Å². The molecule has 2 rings (SSSR count). The Labute approximate surface area is 137 Å². The first-order chi connectivity index (χ1) is 10.5. The number of carbonyl (C=O) groups is 1. The van der Waals surface area contributed by atoms with Gasteiger partial charge < -0.3 is 5.32 Å². The molecule has 0 bridgehead atoms. The topological polar surface area (TPSA) is 70.7 Å². The predicted molar refractivity (Wildman–Crippen MR) is 89.9 cm³/mol. The van der Waals surface area contributed by atoms with Crippen LogP contribution in [0.25, 0.3) is 0 Å². The number of aromatic nitrogens is 3. The van der Waals surface area contributed by atoms with Crippen molar-refractivity contribution in [1.82, 2.24) is 20.5 Å². The SMILES string of the molecule is CCC(C)(C)NC(=O)CSc1n[nH]c(CCC2CCCC2)n1. The molecular weight excluding hydrogens is 296 g/mol. The number of nitrogens with one attached hydrogen (secondary N) is 2. The molecule has 0 atom stereocenters. The molecule has 0 saturated heterocycles. The molecular formula is C16H28N4OS. The highest BCUT2D eigenvalue weighted by Crippen LogP contribution is 2.28. The predicted octanol–water partition coefficient (Wildman–Crippen LogP) is 3.32.